The number of anilines is 1. The van der Waals surface area contributed by atoms with Crippen molar-refractivity contribution in [3.05, 3.63) is 69.6 Å². The number of aromatic nitrogens is 3. The van der Waals surface area contributed by atoms with Crippen molar-refractivity contribution in [2.45, 2.75) is 13.5 Å². The first kappa shape index (κ1) is 21.5. The van der Waals surface area contributed by atoms with Crippen LogP contribution in [-0.2, 0) is 11.3 Å². The molecule has 0 saturated carbocycles. The predicted molar refractivity (Wildman–Crippen MR) is 126 cm³/mol. The molecular weight excluding hydrogens is 440 g/mol. The van der Waals surface area contributed by atoms with Gasteiger partial charge in [0, 0.05) is 62.0 Å². The molecule has 3 aromatic heterocycles. The standard InChI is InChI=1S/C23H24N6O3S/c1-16-2-4-17(5-3-16)19-13-21(32-26-19)25-20(30)15-28-8-6-27(7-9-28)14-18-12-22(31)29-10-11-33-23(29)24-18/h2-5,10-13H,6-9,14-15H2,1H3,(H,25,30). The fraction of sp³-hybridized carbons (Fsp3) is 0.304. The summed E-state index contributed by atoms with van der Waals surface area (Å²) in [6, 6.07) is 11.3. The molecule has 4 heterocycles. The highest BCUT2D eigenvalue weighted by atomic mass is 32.1. The second-order valence-corrected chi connectivity index (χ2v) is 9.06. The fourth-order valence-electron chi connectivity index (χ4n) is 3.88. The topological polar surface area (TPSA) is 96.0 Å². The molecule has 1 aliphatic rings. The maximum absolute atomic E-state index is 12.5. The Labute approximate surface area is 194 Å². The number of aryl methyl sites for hydroxylation is 1. The Hall–Kier alpha value is -3.34. The molecule has 1 aromatic carbocycles. The molecule has 10 heteroatoms. The Kier molecular flexibility index (Phi) is 6.03. The number of carbonyl (C=O) groups excluding carboxylic acids is 1. The maximum Gasteiger partial charge on any atom is 0.258 e. The smallest absolute Gasteiger partial charge is 0.258 e. The summed E-state index contributed by atoms with van der Waals surface area (Å²) in [7, 11) is 0. The van der Waals surface area contributed by atoms with Gasteiger partial charge in [0.1, 0.15) is 5.69 Å². The largest absolute Gasteiger partial charge is 0.338 e. The lowest BCUT2D eigenvalue weighted by Gasteiger charge is -2.33. The summed E-state index contributed by atoms with van der Waals surface area (Å²) in [4.78, 5) is 34.3. The number of benzene rings is 1. The lowest BCUT2D eigenvalue weighted by Crippen LogP contribution is -2.48. The first-order valence-electron chi connectivity index (χ1n) is 10.8. The highest BCUT2D eigenvalue weighted by Gasteiger charge is 2.20. The van der Waals surface area contributed by atoms with Gasteiger partial charge in [-0.2, -0.15) is 0 Å². The Morgan fingerprint density at radius 3 is 2.67 bits per heavy atom. The van der Waals surface area contributed by atoms with Gasteiger partial charge in [0.05, 0.1) is 12.2 Å². The molecule has 1 N–H and O–H groups in total. The van der Waals surface area contributed by atoms with Gasteiger partial charge in [-0.25, -0.2) is 4.98 Å². The normalized spacial score (nSPS) is 15.2. The SMILES string of the molecule is Cc1ccc(-c2cc(NC(=O)CN3CCN(Cc4cc(=O)n5ccsc5n4)CC3)on2)cc1. The molecule has 0 atom stereocenters. The summed E-state index contributed by atoms with van der Waals surface area (Å²) in [6.07, 6.45) is 1.74. The van der Waals surface area contributed by atoms with Crippen molar-refractivity contribution in [1.29, 1.82) is 0 Å². The Morgan fingerprint density at radius 2 is 1.88 bits per heavy atom. The zero-order chi connectivity index (χ0) is 22.8. The van der Waals surface area contributed by atoms with Crippen LogP contribution in [-0.4, -0.2) is 63.0 Å². The van der Waals surface area contributed by atoms with Gasteiger partial charge < -0.3 is 4.52 Å². The lowest BCUT2D eigenvalue weighted by atomic mass is 10.1. The first-order chi connectivity index (χ1) is 16.0. The number of amides is 1. The summed E-state index contributed by atoms with van der Waals surface area (Å²) in [5.41, 5.74) is 3.53. The molecule has 1 saturated heterocycles. The number of thiazole rings is 1. The molecule has 170 valence electrons. The molecule has 0 bridgehead atoms. The number of carbonyl (C=O) groups is 1. The van der Waals surface area contributed by atoms with Crippen LogP contribution in [0.1, 0.15) is 11.3 Å². The highest BCUT2D eigenvalue weighted by Crippen LogP contribution is 2.22. The summed E-state index contributed by atoms with van der Waals surface area (Å²) in [5, 5.41) is 8.70. The van der Waals surface area contributed by atoms with Gasteiger partial charge in [0.15, 0.2) is 4.96 Å². The third-order valence-corrected chi connectivity index (χ3v) is 6.45. The van der Waals surface area contributed by atoms with E-state index in [-0.39, 0.29) is 18.0 Å². The molecule has 9 nitrogen and oxygen atoms in total. The van der Waals surface area contributed by atoms with Crippen LogP contribution in [0.4, 0.5) is 5.88 Å². The maximum atomic E-state index is 12.5. The number of hydrogen-bond acceptors (Lipinski definition) is 8. The van der Waals surface area contributed by atoms with E-state index in [1.807, 2.05) is 36.6 Å². The summed E-state index contributed by atoms with van der Waals surface area (Å²) in [6.45, 7) is 6.08. The molecule has 33 heavy (non-hydrogen) atoms. The van der Waals surface area contributed by atoms with E-state index in [0.29, 0.717) is 23.1 Å². The zero-order valence-corrected chi connectivity index (χ0v) is 19.0. The molecule has 0 aliphatic carbocycles. The molecule has 0 unspecified atom stereocenters. The Bertz CT molecular complexity index is 1320. The average Bonchev–Trinajstić information content (AvgIpc) is 3.46. The number of rotatable bonds is 6. The van der Waals surface area contributed by atoms with Crippen LogP contribution in [0.25, 0.3) is 16.2 Å². The van der Waals surface area contributed by atoms with E-state index in [4.69, 9.17) is 4.52 Å². The van der Waals surface area contributed by atoms with Crippen LogP contribution >= 0.6 is 11.3 Å². The summed E-state index contributed by atoms with van der Waals surface area (Å²) < 4.78 is 6.84. The Morgan fingerprint density at radius 1 is 1.12 bits per heavy atom. The van der Waals surface area contributed by atoms with Gasteiger partial charge in [-0.3, -0.25) is 29.1 Å². The summed E-state index contributed by atoms with van der Waals surface area (Å²) in [5.74, 6) is 0.212. The monoisotopic (exact) mass is 464 g/mol. The molecule has 1 aliphatic heterocycles. The molecule has 1 fully saturated rings. The van der Waals surface area contributed by atoms with Crippen LogP contribution in [0.2, 0.25) is 0 Å². The van der Waals surface area contributed by atoms with E-state index in [0.717, 1.165) is 37.4 Å². The molecule has 1 amide bonds. The second-order valence-electron chi connectivity index (χ2n) is 8.18. The highest BCUT2D eigenvalue weighted by molar-refractivity contribution is 7.15. The van der Waals surface area contributed by atoms with E-state index in [9.17, 15) is 9.59 Å². The average molecular weight is 465 g/mol. The molecule has 0 spiro atoms. The predicted octanol–water partition coefficient (Wildman–Crippen LogP) is 2.48. The van der Waals surface area contributed by atoms with Gasteiger partial charge in [-0.05, 0) is 6.92 Å². The fourth-order valence-corrected chi connectivity index (χ4v) is 4.62. The number of nitrogens with one attached hydrogen (secondary N) is 1. The number of nitrogens with zero attached hydrogens (tertiary/aromatic N) is 5. The van der Waals surface area contributed by atoms with E-state index >= 15 is 0 Å². The third-order valence-electron chi connectivity index (χ3n) is 5.69. The molecular formula is C23H24N6O3S. The Balaban J connectivity index is 1.11. The van der Waals surface area contributed by atoms with Gasteiger partial charge in [-0.15, -0.1) is 11.3 Å². The number of fused-ring (bicyclic) bond motifs is 1. The number of piperazine rings is 1. The first-order valence-corrected chi connectivity index (χ1v) is 11.7. The van der Waals surface area contributed by atoms with E-state index in [1.54, 1.807) is 22.7 Å². The minimum Gasteiger partial charge on any atom is -0.338 e. The molecule has 5 rings (SSSR count). The van der Waals surface area contributed by atoms with Crippen molar-refractivity contribution in [3.8, 4) is 11.3 Å². The van der Waals surface area contributed by atoms with Crippen molar-refractivity contribution >= 4 is 28.1 Å². The minimum atomic E-state index is -0.132. The van der Waals surface area contributed by atoms with Crippen molar-refractivity contribution in [1.82, 2.24) is 24.3 Å². The van der Waals surface area contributed by atoms with Crippen LogP contribution in [0.3, 0.4) is 0 Å². The van der Waals surface area contributed by atoms with Crippen LogP contribution in [0.5, 0.6) is 0 Å². The quantitative estimate of drug-likeness (QED) is 0.468. The van der Waals surface area contributed by atoms with Crippen molar-refractivity contribution in [2.75, 3.05) is 38.0 Å². The molecule has 0 radical (unpaired) electrons. The van der Waals surface area contributed by atoms with E-state index in [1.165, 1.54) is 16.9 Å². The van der Waals surface area contributed by atoms with E-state index < -0.39 is 0 Å². The number of hydrogen-bond donors (Lipinski definition) is 1. The third kappa shape index (κ3) is 5.03. The van der Waals surface area contributed by atoms with Crippen molar-refractivity contribution in [3.63, 3.8) is 0 Å². The van der Waals surface area contributed by atoms with Gasteiger partial charge in [0.25, 0.3) is 5.56 Å². The van der Waals surface area contributed by atoms with Gasteiger partial charge in [0.2, 0.25) is 11.8 Å². The second kappa shape index (κ2) is 9.26. The van der Waals surface area contributed by atoms with Crippen LogP contribution in [0.15, 0.2) is 57.3 Å². The minimum absolute atomic E-state index is 0.0514. The van der Waals surface area contributed by atoms with Gasteiger partial charge in [-0.1, -0.05) is 35.0 Å². The van der Waals surface area contributed by atoms with Crippen LogP contribution in [0, 0.1) is 6.92 Å². The van der Waals surface area contributed by atoms with E-state index in [2.05, 4.69) is 25.3 Å². The zero-order valence-electron chi connectivity index (χ0n) is 18.2. The lowest BCUT2D eigenvalue weighted by molar-refractivity contribution is -0.117. The van der Waals surface area contributed by atoms with Crippen molar-refractivity contribution < 1.29 is 9.32 Å². The summed E-state index contributed by atoms with van der Waals surface area (Å²) >= 11 is 1.45. The van der Waals surface area contributed by atoms with Crippen molar-refractivity contribution in [2.24, 2.45) is 0 Å². The van der Waals surface area contributed by atoms with Gasteiger partial charge >= 0.3 is 0 Å². The molecule has 4 aromatic rings. The van der Waals surface area contributed by atoms with Crippen LogP contribution < -0.4 is 10.9 Å².